The highest BCUT2D eigenvalue weighted by Gasteiger charge is 2.40. The van der Waals surface area contributed by atoms with Gasteiger partial charge in [-0.25, -0.2) is 0 Å². The number of ether oxygens (including phenoxy) is 2. The number of nitrogens with one attached hydrogen (secondary N) is 1. The molecule has 2 fully saturated rings. The Labute approximate surface area is 288 Å². The number of carboxylic acids is 1. The van der Waals surface area contributed by atoms with Gasteiger partial charge in [-0.3, -0.25) is 9.59 Å². The smallest absolute Gasteiger partial charge is 0.305 e. The van der Waals surface area contributed by atoms with Crippen molar-refractivity contribution < 1.29 is 24.2 Å². The van der Waals surface area contributed by atoms with E-state index in [1.807, 2.05) is 66.7 Å². The highest BCUT2D eigenvalue weighted by atomic mass is 16.5. The molecule has 4 aromatic rings. The summed E-state index contributed by atoms with van der Waals surface area (Å²) in [5.41, 5.74) is 4.83. The van der Waals surface area contributed by atoms with Crippen LogP contribution < -0.4 is 10.1 Å². The Morgan fingerprint density at radius 1 is 0.837 bits per heavy atom. The van der Waals surface area contributed by atoms with E-state index < -0.39 is 5.97 Å². The summed E-state index contributed by atoms with van der Waals surface area (Å²) in [5, 5.41) is 11.6. The molecule has 2 aliphatic rings. The lowest BCUT2D eigenvalue weighted by Crippen LogP contribution is -2.42. The Kier molecular flexibility index (Phi) is 10.3. The normalized spacial score (nSPS) is 20.1. The summed E-state index contributed by atoms with van der Waals surface area (Å²) in [7, 11) is 0. The van der Waals surface area contributed by atoms with E-state index in [9.17, 15) is 9.59 Å². The Morgan fingerprint density at radius 2 is 1.45 bits per heavy atom. The number of carbonyl (C=O) groups is 2. The predicted molar refractivity (Wildman–Crippen MR) is 192 cm³/mol. The summed E-state index contributed by atoms with van der Waals surface area (Å²) < 4.78 is 12.3. The van der Waals surface area contributed by atoms with Crippen molar-refractivity contribution in [3.63, 3.8) is 0 Å². The molecule has 254 valence electrons. The van der Waals surface area contributed by atoms with E-state index in [-0.39, 0.29) is 30.3 Å². The molecule has 1 amide bonds. The molecule has 0 radical (unpaired) electrons. The molecule has 1 aliphatic carbocycles. The zero-order valence-corrected chi connectivity index (χ0v) is 28.5. The molecule has 1 aliphatic heterocycles. The first-order chi connectivity index (χ1) is 23.6. The lowest BCUT2D eigenvalue weighted by molar-refractivity contribution is -0.136. The number of para-hydroxylation sites is 1. The van der Waals surface area contributed by atoms with Gasteiger partial charge in [-0.15, -0.1) is 0 Å². The van der Waals surface area contributed by atoms with E-state index in [1.54, 1.807) is 12.1 Å². The van der Waals surface area contributed by atoms with E-state index in [4.69, 9.17) is 19.6 Å². The van der Waals surface area contributed by atoms with Crippen molar-refractivity contribution in [1.29, 1.82) is 0 Å². The highest BCUT2D eigenvalue weighted by Crippen LogP contribution is 2.42. The predicted octanol–water partition coefficient (Wildman–Crippen LogP) is 9.02. The van der Waals surface area contributed by atoms with E-state index in [2.05, 4.69) is 55.3 Å². The molecule has 1 saturated heterocycles. The molecule has 1 saturated carbocycles. The summed E-state index contributed by atoms with van der Waals surface area (Å²) >= 11 is 0. The first-order valence-electron chi connectivity index (χ1n) is 17.2. The molecule has 8 nitrogen and oxygen atoms in total. The Balaban J connectivity index is 1.19. The number of carboxylic acid groups (broad SMARTS) is 1. The molecule has 49 heavy (non-hydrogen) atoms. The van der Waals surface area contributed by atoms with Gasteiger partial charge in [-0.05, 0) is 102 Å². The fourth-order valence-electron chi connectivity index (χ4n) is 6.84. The first-order valence-corrected chi connectivity index (χ1v) is 17.2. The fraction of sp³-hybridized carbons (Fsp3) is 0.341. The van der Waals surface area contributed by atoms with Gasteiger partial charge in [0.1, 0.15) is 18.1 Å². The molecule has 8 heteroatoms. The van der Waals surface area contributed by atoms with Gasteiger partial charge in [0.25, 0.3) is 11.9 Å². The highest BCUT2D eigenvalue weighted by molar-refractivity contribution is 5.94. The third kappa shape index (κ3) is 8.49. The second kappa shape index (κ2) is 15.0. The number of carbonyl (C=O) groups excluding carboxylic acids is 1. The van der Waals surface area contributed by atoms with Gasteiger partial charge in [-0.2, -0.15) is 4.99 Å². The van der Waals surface area contributed by atoms with Crippen molar-refractivity contribution in [2.75, 3.05) is 13.2 Å². The number of amides is 1. The topological polar surface area (TPSA) is 100 Å². The maximum Gasteiger partial charge on any atom is 0.305 e. The number of aliphatic imine (C=N–C) groups is 1. The summed E-state index contributed by atoms with van der Waals surface area (Å²) in [6, 6.07) is 34.5. The average Bonchev–Trinajstić information content (AvgIpc) is 3.52. The van der Waals surface area contributed by atoms with E-state index in [0.717, 1.165) is 59.6 Å². The standard InChI is InChI=1S/C41H45N3O5/c1-41(2,3)32-17-21-34(22-18-32)44-37(30-9-11-31(12-10-30)39(47)42-26-25-38(45)46)27-48-40(44)43-33-19-13-28(14-20-33)29-15-23-36(24-16-29)49-35-7-5-4-6-8-35/h4-16,19-20,23-24,32,34,37H,17-18,21-22,25-27H2,1-3H3,(H,42,47)(H,45,46)/b43-40-. The molecule has 2 N–H and O–H groups in total. The van der Waals surface area contributed by atoms with E-state index >= 15 is 0 Å². The van der Waals surface area contributed by atoms with Crippen LogP contribution in [0.5, 0.6) is 11.5 Å². The number of rotatable bonds is 10. The zero-order valence-electron chi connectivity index (χ0n) is 28.5. The minimum absolute atomic E-state index is 0.0325. The van der Waals surface area contributed by atoms with Crippen LogP contribution in [0.15, 0.2) is 108 Å². The van der Waals surface area contributed by atoms with Crippen LogP contribution >= 0.6 is 0 Å². The van der Waals surface area contributed by atoms with Crippen LogP contribution in [0.1, 0.15) is 74.8 Å². The largest absolute Gasteiger partial charge is 0.481 e. The fourth-order valence-corrected chi connectivity index (χ4v) is 6.84. The minimum Gasteiger partial charge on any atom is -0.481 e. The molecule has 1 heterocycles. The van der Waals surface area contributed by atoms with Crippen molar-refractivity contribution in [2.24, 2.45) is 16.3 Å². The lowest BCUT2D eigenvalue weighted by Gasteiger charge is -2.41. The maximum absolute atomic E-state index is 12.6. The van der Waals surface area contributed by atoms with Gasteiger partial charge < -0.3 is 24.8 Å². The van der Waals surface area contributed by atoms with Gasteiger partial charge in [0.2, 0.25) is 0 Å². The molecule has 0 spiro atoms. The summed E-state index contributed by atoms with van der Waals surface area (Å²) in [5.74, 6) is 1.05. The number of benzene rings is 4. The van der Waals surface area contributed by atoms with Crippen molar-refractivity contribution in [2.45, 2.75) is 65.0 Å². The van der Waals surface area contributed by atoms with Gasteiger partial charge >= 0.3 is 5.97 Å². The average molecular weight is 660 g/mol. The first kappa shape index (κ1) is 33.8. The Bertz CT molecular complexity index is 1740. The third-order valence-corrected chi connectivity index (χ3v) is 9.68. The molecule has 4 aromatic carbocycles. The summed E-state index contributed by atoms with van der Waals surface area (Å²) in [6.45, 7) is 7.57. The van der Waals surface area contributed by atoms with Crippen LogP contribution in [-0.2, 0) is 9.53 Å². The SMILES string of the molecule is CC(C)(C)C1CCC(N2/C(=N/c3ccc(-c4ccc(Oc5ccccc5)cc4)cc3)OCC2c2ccc(C(=O)NCCC(=O)O)cc2)CC1. The number of hydrogen-bond donors (Lipinski definition) is 2. The summed E-state index contributed by atoms with van der Waals surface area (Å²) in [4.78, 5) is 30.8. The number of hydrogen-bond acceptors (Lipinski definition) is 5. The van der Waals surface area contributed by atoms with Crippen LogP contribution in [0, 0.1) is 11.3 Å². The van der Waals surface area contributed by atoms with Gasteiger partial charge in [-0.1, -0.05) is 75.4 Å². The second-order valence-corrected chi connectivity index (χ2v) is 14.0. The molecule has 1 unspecified atom stereocenters. The zero-order chi connectivity index (χ0) is 34.4. The lowest BCUT2D eigenvalue weighted by atomic mass is 9.71. The number of aliphatic carboxylic acids is 1. The van der Waals surface area contributed by atoms with Crippen molar-refractivity contribution >= 4 is 23.6 Å². The summed E-state index contributed by atoms with van der Waals surface area (Å²) in [6.07, 6.45) is 4.33. The van der Waals surface area contributed by atoms with Crippen LogP contribution in [0.4, 0.5) is 5.69 Å². The molecular weight excluding hydrogens is 614 g/mol. The molecule has 6 rings (SSSR count). The monoisotopic (exact) mass is 659 g/mol. The molecule has 1 atom stereocenters. The molecule has 0 bridgehead atoms. The van der Waals surface area contributed by atoms with E-state index in [0.29, 0.717) is 30.2 Å². The van der Waals surface area contributed by atoms with Crippen LogP contribution in [0.25, 0.3) is 11.1 Å². The molecule has 0 aromatic heterocycles. The second-order valence-electron chi connectivity index (χ2n) is 14.0. The number of nitrogens with zero attached hydrogens (tertiary/aromatic N) is 2. The van der Waals surface area contributed by atoms with Gasteiger partial charge in [0, 0.05) is 18.2 Å². The van der Waals surface area contributed by atoms with Crippen LogP contribution in [0.2, 0.25) is 0 Å². The van der Waals surface area contributed by atoms with Crippen LogP contribution in [0.3, 0.4) is 0 Å². The van der Waals surface area contributed by atoms with Crippen molar-refractivity contribution in [3.8, 4) is 22.6 Å². The number of amidine groups is 1. The molecular formula is C41H45N3O5. The third-order valence-electron chi connectivity index (χ3n) is 9.68. The minimum atomic E-state index is -0.943. The van der Waals surface area contributed by atoms with E-state index in [1.165, 1.54) is 0 Å². The quantitative estimate of drug-likeness (QED) is 0.176. The van der Waals surface area contributed by atoms with Crippen molar-refractivity contribution in [1.82, 2.24) is 10.2 Å². The van der Waals surface area contributed by atoms with Crippen molar-refractivity contribution in [3.05, 3.63) is 114 Å². The van der Waals surface area contributed by atoms with Gasteiger partial charge in [0.15, 0.2) is 0 Å². The van der Waals surface area contributed by atoms with Crippen LogP contribution in [-0.4, -0.2) is 47.1 Å². The Morgan fingerprint density at radius 3 is 2.06 bits per heavy atom. The maximum atomic E-state index is 12.6. The van der Waals surface area contributed by atoms with Gasteiger partial charge in [0.05, 0.1) is 18.2 Å². The Hall–Kier alpha value is -5.11.